The highest BCUT2D eigenvalue weighted by Gasteiger charge is 2.56. The highest BCUT2D eigenvalue weighted by atomic mass is 16.8. The van der Waals surface area contributed by atoms with E-state index in [0.29, 0.717) is 6.42 Å². The molecule has 4 fully saturated rings. The number of esters is 4. The number of hydrogen-bond donors (Lipinski definition) is 0. The zero-order valence-electron chi connectivity index (χ0n) is 54.9. The van der Waals surface area contributed by atoms with Crippen LogP contribution in [0.1, 0.15) is 144 Å². The summed E-state index contributed by atoms with van der Waals surface area (Å²) < 4.78 is 83.3. The molecule has 0 aromatic heterocycles. The zero-order valence-corrected chi connectivity index (χ0v) is 54.9. The van der Waals surface area contributed by atoms with Crippen LogP contribution < -0.4 is 0 Å². The molecule has 0 unspecified atom stereocenters. The number of benzene rings is 7. The molecule has 0 radical (unpaired) electrons. The lowest BCUT2D eigenvalue weighted by Crippen LogP contribution is -2.65. The second-order valence-corrected chi connectivity index (χ2v) is 25.5. The number of rotatable bonds is 30. The quantitative estimate of drug-likeness (QED) is 0.0306. The second kappa shape index (κ2) is 35.9. The molecule has 2 aliphatic heterocycles. The van der Waals surface area contributed by atoms with Crippen molar-refractivity contribution in [3.8, 4) is 0 Å². The van der Waals surface area contributed by atoms with Gasteiger partial charge >= 0.3 is 23.9 Å². The van der Waals surface area contributed by atoms with E-state index in [4.69, 9.17) is 56.8 Å². The first-order valence-electron chi connectivity index (χ1n) is 34.3. The van der Waals surface area contributed by atoms with Gasteiger partial charge in [0.25, 0.3) is 0 Å². The molecule has 16 nitrogen and oxygen atoms in total. The normalized spacial score (nSPS) is 25.6. The molecule has 2 heterocycles. The van der Waals surface area contributed by atoms with Crippen molar-refractivity contribution in [1.29, 1.82) is 0 Å². The molecule has 506 valence electrons. The topological polar surface area (TPSA) is 179 Å². The summed E-state index contributed by atoms with van der Waals surface area (Å²) in [4.78, 5) is 59.0. The van der Waals surface area contributed by atoms with Gasteiger partial charge in [-0.25, -0.2) is 19.2 Å². The van der Waals surface area contributed by atoms with Gasteiger partial charge in [0, 0.05) is 0 Å². The van der Waals surface area contributed by atoms with Crippen molar-refractivity contribution in [3.05, 3.63) is 251 Å². The number of carbonyl (C=O) groups excluding carboxylic acids is 4. The maximum absolute atomic E-state index is 15.1. The van der Waals surface area contributed by atoms with Crippen molar-refractivity contribution in [2.45, 2.75) is 197 Å². The van der Waals surface area contributed by atoms with E-state index in [9.17, 15) is 9.59 Å². The molecule has 7 aromatic rings. The molecule has 0 N–H and O–H groups in total. The highest BCUT2D eigenvalue weighted by Crippen LogP contribution is 2.41. The Labute approximate surface area is 564 Å². The Hall–Kier alpha value is -7.90. The predicted octanol–water partition coefficient (Wildman–Crippen LogP) is 14.7. The molecule has 16 heteroatoms. The fraction of sp³-hybridized carbons (Fsp3) is 0.425. The van der Waals surface area contributed by atoms with E-state index in [2.05, 4.69) is 6.92 Å². The summed E-state index contributed by atoms with van der Waals surface area (Å²) in [5.41, 5.74) is 4.31. The summed E-state index contributed by atoms with van der Waals surface area (Å²) in [6.45, 7) is 4.31. The zero-order chi connectivity index (χ0) is 66.3. The standard InChI is InChI=1S/C80H90O16/c1-3-4-40-61-47-29-48-65(69(61)96-79-73(87-52-59-36-19-8-20-37-59)71(86-51-58-34-17-7-18-35-58)68(55(2)90-79)85-50-57-32-15-6-16-33-57)92-80-74(95-77(83)64-45-27-12-28-46-64)72(91-66(49-56-30-13-5-14-31-56)78(84)88-53-60-38-21-9-22-39-60)70(94-76(82)63-43-25-11-26-44-63)67(93-80)54-89-75(81)62-41-23-10-24-42-62/h6-12,15-28,32-39,41-46,55-56,61,65-74,79-80H,3-5,13-14,29-31,40,47-54H2,1-2H3/t55-,61+,65-,66+,67-,68+,69+,70+,71+,72+,73-,74-,79+,80+/m1/s1. The Bertz CT molecular complexity index is 3440. The molecule has 0 bridgehead atoms. The van der Waals surface area contributed by atoms with Gasteiger partial charge in [-0.15, -0.1) is 0 Å². The van der Waals surface area contributed by atoms with Gasteiger partial charge in [-0.1, -0.05) is 234 Å². The van der Waals surface area contributed by atoms with Crippen LogP contribution in [-0.4, -0.2) is 110 Å². The van der Waals surface area contributed by atoms with Crippen molar-refractivity contribution in [2.75, 3.05) is 6.61 Å². The van der Waals surface area contributed by atoms with Crippen LogP contribution in [0.4, 0.5) is 0 Å². The van der Waals surface area contributed by atoms with Crippen LogP contribution in [0, 0.1) is 11.8 Å². The first-order valence-corrected chi connectivity index (χ1v) is 34.3. The fourth-order valence-corrected chi connectivity index (χ4v) is 13.5. The summed E-state index contributed by atoms with van der Waals surface area (Å²) >= 11 is 0. The summed E-state index contributed by atoms with van der Waals surface area (Å²) in [5, 5.41) is 0. The highest BCUT2D eigenvalue weighted by molar-refractivity contribution is 5.90. The Morgan fingerprint density at radius 2 is 0.906 bits per heavy atom. The van der Waals surface area contributed by atoms with Crippen LogP contribution in [0.15, 0.2) is 212 Å². The average Bonchev–Trinajstić information content (AvgIpc) is 0.784. The van der Waals surface area contributed by atoms with Crippen LogP contribution in [0.2, 0.25) is 0 Å². The van der Waals surface area contributed by atoms with Gasteiger partial charge in [0.15, 0.2) is 30.9 Å². The average molecular weight is 1310 g/mol. The first kappa shape index (κ1) is 69.5. The predicted molar refractivity (Wildman–Crippen MR) is 359 cm³/mol. The number of unbranched alkanes of at least 4 members (excludes halogenated alkanes) is 1. The Morgan fingerprint density at radius 3 is 1.44 bits per heavy atom. The summed E-state index contributed by atoms with van der Waals surface area (Å²) in [6.07, 6.45) is -4.79. The minimum Gasteiger partial charge on any atom is -0.459 e. The fourth-order valence-electron chi connectivity index (χ4n) is 13.5. The van der Waals surface area contributed by atoms with E-state index in [1.54, 1.807) is 91.0 Å². The molecule has 14 atom stereocenters. The molecular weight excluding hydrogens is 1220 g/mol. The summed E-state index contributed by atoms with van der Waals surface area (Å²) in [7, 11) is 0. The van der Waals surface area contributed by atoms with Crippen molar-refractivity contribution < 1.29 is 76.0 Å². The number of ether oxygens (including phenoxy) is 12. The number of carbonyl (C=O) groups is 4. The molecule has 0 spiro atoms. The molecule has 7 aromatic carbocycles. The first-order chi connectivity index (χ1) is 47.1. The van der Waals surface area contributed by atoms with E-state index in [1.807, 2.05) is 128 Å². The largest absolute Gasteiger partial charge is 0.459 e. The Kier molecular flexibility index (Phi) is 26.0. The summed E-state index contributed by atoms with van der Waals surface area (Å²) in [6, 6.07) is 64.7. The molecule has 2 aliphatic carbocycles. The molecule has 4 aliphatic rings. The van der Waals surface area contributed by atoms with Crippen LogP contribution in [-0.2, 0) is 88.1 Å². The van der Waals surface area contributed by atoms with E-state index in [0.717, 1.165) is 86.5 Å². The van der Waals surface area contributed by atoms with Crippen LogP contribution in [0.25, 0.3) is 0 Å². The lowest BCUT2D eigenvalue weighted by atomic mass is 9.81. The Balaban J connectivity index is 0.997. The van der Waals surface area contributed by atoms with E-state index in [1.165, 1.54) is 0 Å². The van der Waals surface area contributed by atoms with E-state index >= 15 is 9.59 Å². The van der Waals surface area contributed by atoms with Crippen LogP contribution in [0.5, 0.6) is 0 Å². The van der Waals surface area contributed by atoms with Crippen molar-refractivity contribution >= 4 is 23.9 Å². The van der Waals surface area contributed by atoms with Crippen molar-refractivity contribution in [1.82, 2.24) is 0 Å². The third-order valence-electron chi connectivity index (χ3n) is 18.6. The maximum Gasteiger partial charge on any atom is 0.338 e. The third kappa shape index (κ3) is 19.4. The molecular formula is C80H90O16. The maximum atomic E-state index is 15.1. The lowest BCUT2D eigenvalue weighted by molar-refractivity contribution is -0.356. The van der Waals surface area contributed by atoms with Gasteiger partial charge in [0.05, 0.1) is 54.8 Å². The smallest absolute Gasteiger partial charge is 0.338 e. The molecule has 2 saturated heterocycles. The van der Waals surface area contributed by atoms with Crippen LogP contribution >= 0.6 is 0 Å². The van der Waals surface area contributed by atoms with Crippen molar-refractivity contribution in [2.24, 2.45) is 11.8 Å². The van der Waals surface area contributed by atoms with Crippen molar-refractivity contribution in [3.63, 3.8) is 0 Å². The second-order valence-electron chi connectivity index (χ2n) is 25.5. The Morgan fingerprint density at radius 1 is 0.438 bits per heavy atom. The van der Waals surface area contributed by atoms with Gasteiger partial charge in [-0.2, -0.15) is 0 Å². The molecule has 96 heavy (non-hydrogen) atoms. The van der Waals surface area contributed by atoms with Crippen LogP contribution in [0.3, 0.4) is 0 Å². The SMILES string of the molecule is CCCC[C@H]1CCC[C@@H](O[C@H]2O[C@H](COC(=O)c3ccccc3)[C@H](OC(=O)c3ccccc3)[C@H](O[C@@H](CC3CCCCC3)C(=O)OCc3ccccc3)[C@H]2OC(=O)c2ccccc2)[C@H]1O[C@@H]1O[C@H](C)[C@H](OCc2ccccc2)[C@H](OCc2ccccc2)[C@H]1OCc1ccccc1. The molecule has 2 saturated carbocycles. The monoisotopic (exact) mass is 1310 g/mol. The van der Waals surface area contributed by atoms with E-state index in [-0.39, 0.29) is 61.4 Å². The van der Waals surface area contributed by atoms with Gasteiger partial charge in [0.2, 0.25) is 0 Å². The van der Waals surface area contributed by atoms with Gasteiger partial charge in [0.1, 0.15) is 43.7 Å². The van der Waals surface area contributed by atoms with E-state index < -0.39 is 110 Å². The van der Waals surface area contributed by atoms with Gasteiger partial charge in [-0.05, 0) is 103 Å². The van der Waals surface area contributed by atoms with Gasteiger partial charge in [-0.3, -0.25) is 0 Å². The van der Waals surface area contributed by atoms with Gasteiger partial charge < -0.3 is 56.8 Å². The minimum absolute atomic E-state index is 0.0498. The lowest BCUT2D eigenvalue weighted by Gasteiger charge is -2.49. The summed E-state index contributed by atoms with van der Waals surface area (Å²) in [5.74, 6) is -2.93. The third-order valence-corrected chi connectivity index (χ3v) is 18.6. The minimum atomic E-state index is -1.58. The molecule has 0 amide bonds. The number of hydrogen-bond acceptors (Lipinski definition) is 16. The molecule has 11 rings (SSSR count).